The van der Waals surface area contributed by atoms with Crippen molar-refractivity contribution in [2.45, 2.75) is 13.8 Å². The fraction of sp³-hybridized carbons (Fsp3) is 0.750. The van der Waals surface area contributed by atoms with Gasteiger partial charge in [-0.05, 0) is 6.92 Å². The molecule has 0 radical (unpaired) electrons. The van der Waals surface area contributed by atoms with Gasteiger partial charge in [-0.3, -0.25) is 0 Å². The molecule has 0 aromatic heterocycles. The predicted molar refractivity (Wildman–Crippen MR) is 21.6 cm³/mol. The molecule has 0 saturated heterocycles. The Labute approximate surface area is 64.3 Å². The molecule has 2 heteroatoms. The van der Waals surface area contributed by atoms with Crippen LogP contribution in [0.4, 0.5) is 0 Å². The maximum Gasteiger partial charge on any atom is 3.00 e. The third-order valence-corrected chi connectivity index (χ3v) is 0.333. The third kappa shape index (κ3) is 8.91. The van der Waals surface area contributed by atoms with E-state index < -0.39 is 0 Å². The zero-order valence-electron chi connectivity index (χ0n) is 4.27. The van der Waals surface area contributed by atoms with E-state index in [1.807, 2.05) is 13.8 Å². The minimum Gasteiger partial charge on any atom is -0.552 e. The molecule has 0 atom stereocenters. The predicted octanol–water partition coefficient (Wildman–Crippen LogP) is 1.20. The quantitative estimate of drug-likeness (QED) is 0.554. The molecule has 0 saturated carbocycles. The minimum absolute atomic E-state index is 0. The van der Waals surface area contributed by atoms with Crippen LogP contribution in [0.3, 0.4) is 0 Å². The molecule has 0 aliphatic carbocycles. The van der Waals surface area contributed by atoms with Crippen molar-refractivity contribution in [2.24, 2.45) is 0 Å². The van der Waals surface area contributed by atoms with Crippen molar-refractivity contribution >= 4 is 0 Å². The van der Waals surface area contributed by atoms with Gasteiger partial charge in [0, 0.05) is 6.61 Å². The Hall–Kier alpha value is 1.06. The summed E-state index contributed by atoms with van der Waals surface area (Å²) in [4.78, 5) is 0. The van der Waals surface area contributed by atoms with Crippen molar-refractivity contribution in [3.8, 4) is 0 Å². The summed E-state index contributed by atoms with van der Waals surface area (Å²) in [6, 6.07) is 0. The number of hydrogen-bond donors (Lipinski definition) is 0. The van der Waals surface area contributed by atoms with Crippen molar-refractivity contribution in [2.75, 3.05) is 6.61 Å². The standard InChI is InChI=1S/C4H9O.Y/c1-3-5-4-2;/h3H,4H2,1-2H3;/q-1;+3. The van der Waals surface area contributed by atoms with Crippen LogP contribution >= 0.6 is 0 Å². The van der Waals surface area contributed by atoms with Gasteiger partial charge in [0.2, 0.25) is 0 Å². The van der Waals surface area contributed by atoms with Gasteiger partial charge in [-0.2, -0.15) is 6.92 Å². The van der Waals surface area contributed by atoms with Gasteiger partial charge in [-0.1, -0.05) is 0 Å². The molecule has 6 heavy (non-hydrogen) atoms. The first kappa shape index (κ1) is 10.1. The second-order valence-corrected chi connectivity index (χ2v) is 0.691. The average molecular weight is 162 g/mol. The van der Waals surface area contributed by atoms with Crippen LogP contribution in [0.15, 0.2) is 0 Å². The van der Waals surface area contributed by atoms with Gasteiger partial charge in [-0.15, -0.1) is 0 Å². The van der Waals surface area contributed by atoms with Crippen LogP contribution in [0.5, 0.6) is 0 Å². The summed E-state index contributed by atoms with van der Waals surface area (Å²) in [5.74, 6) is 0. The smallest absolute Gasteiger partial charge is 0.552 e. The molecule has 0 fully saturated rings. The molecule has 0 heterocycles. The summed E-state index contributed by atoms with van der Waals surface area (Å²) < 4.78 is 4.71. The molecule has 0 rings (SSSR count). The minimum atomic E-state index is 0. The maximum absolute atomic E-state index is 4.71. The fourth-order valence-corrected chi connectivity index (χ4v) is 0.167. The second kappa shape index (κ2) is 9.42. The Balaban J connectivity index is 0. The molecule has 0 spiro atoms. The summed E-state index contributed by atoms with van der Waals surface area (Å²) in [5, 5.41) is 0. The van der Waals surface area contributed by atoms with Crippen LogP contribution in [-0.2, 0) is 37.4 Å². The summed E-state index contributed by atoms with van der Waals surface area (Å²) in [6.07, 6.45) is 0. The van der Waals surface area contributed by atoms with Crippen molar-refractivity contribution < 1.29 is 37.4 Å². The van der Waals surface area contributed by atoms with Crippen LogP contribution in [0, 0.1) is 6.61 Å². The zero-order valence-corrected chi connectivity index (χ0v) is 7.11. The number of ether oxygens (including phenoxy) is 1. The van der Waals surface area contributed by atoms with Gasteiger partial charge < -0.3 is 4.74 Å². The Bertz CT molecular complexity index is 15.0. The van der Waals surface area contributed by atoms with E-state index in [1.54, 1.807) is 6.61 Å². The molecule has 0 bridgehead atoms. The van der Waals surface area contributed by atoms with Gasteiger partial charge in [0.05, 0.1) is 0 Å². The van der Waals surface area contributed by atoms with Crippen molar-refractivity contribution in [1.82, 2.24) is 0 Å². The molecule has 0 amide bonds. The molecule has 1 nitrogen and oxygen atoms in total. The van der Waals surface area contributed by atoms with Crippen molar-refractivity contribution in [3.05, 3.63) is 6.61 Å². The summed E-state index contributed by atoms with van der Waals surface area (Å²) in [7, 11) is 0. The first-order valence-electron chi connectivity index (χ1n) is 1.81. The van der Waals surface area contributed by atoms with E-state index in [9.17, 15) is 0 Å². The average Bonchev–Trinajstić information content (AvgIpc) is 1.41. The number of hydrogen-bond acceptors (Lipinski definition) is 1. The Kier molecular flexibility index (Phi) is 15.9. The summed E-state index contributed by atoms with van der Waals surface area (Å²) in [6.45, 7) is 6.29. The number of rotatable bonds is 2. The van der Waals surface area contributed by atoms with Crippen LogP contribution in [0.25, 0.3) is 0 Å². The van der Waals surface area contributed by atoms with E-state index >= 15 is 0 Å². The fourth-order valence-electron chi connectivity index (χ4n) is 0.167. The summed E-state index contributed by atoms with van der Waals surface area (Å²) in [5.41, 5.74) is 0. The molecular formula is C4H9OY+2. The maximum atomic E-state index is 4.71. The largest absolute Gasteiger partial charge is 3.00 e. The molecule has 32 valence electrons. The molecule has 0 N–H and O–H groups in total. The molecule has 0 aromatic rings. The Morgan fingerprint density at radius 2 is 2.17 bits per heavy atom. The molecule has 0 unspecified atom stereocenters. The Morgan fingerprint density at radius 3 is 2.17 bits per heavy atom. The SMILES string of the molecule is C[CH-]OCC.[Y+3]. The summed E-state index contributed by atoms with van der Waals surface area (Å²) >= 11 is 0. The second-order valence-electron chi connectivity index (χ2n) is 0.691. The van der Waals surface area contributed by atoms with E-state index in [2.05, 4.69) is 0 Å². The molecule has 0 aromatic carbocycles. The molecule has 0 aliphatic heterocycles. The van der Waals surface area contributed by atoms with Crippen LogP contribution in [0.2, 0.25) is 0 Å². The van der Waals surface area contributed by atoms with Gasteiger partial charge in [0.1, 0.15) is 0 Å². The van der Waals surface area contributed by atoms with E-state index in [0.717, 1.165) is 6.61 Å². The first-order valence-corrected chi connectivity index (χ1v) is 1.81. The molecular weight excluding hydrogens is 153 g/mol. The van der Waals surface area contributed by atoms with E-state index in [1.165, 1.54) is 0 Å². The van der Waals surface area contributed by atoms with Gasteiger partial charge in [0.15, 0.2) is 0 Å². The van der Waals surface area contributed by atoms with Gasteiger partial charge in [0.25, 0.3) is 0 Å². The zero-order chi connectivity index (χ0) is 4.12. The third-order valence-electron chi connectivity index (χ3n) is 0.333. The molecule has 0 aliphatic rings. The monoisotopic (exact) mass is 162 g/mol. The van der Waals surface area contributed by atoms with Crippen molar-refractivity contribution in [3.63, 3.8) is 0 Å². The first-order chi connectivity index (χ1) is 2.41. The Morgan fingerprint density at radius 1 is 1.67 bits per heavy atom. The van der Waals surface area contributed by atoms with Gasteiger partial charge in [-0.25, -0.2) is 6.61 Å². The van der Waals surface area contributed by atoms with E-state index in [0.29, 0.717) is 0 Å². The van der Waals surface area contributed by atoms with Crippen LogP contribution in [0.1, 0.15) is 13.8 Å². The topological polar surface area (TPSA) is 9.23 Å². The van der Waals surface area contributed by atoms with Crippen LogP contribution in [-0.4, -0.2) is 6.61 Å². The van der Waals surface area contributed by atoms with E-state index in [-0.39, 0.29) is 32.7 Å². The van der Waals surface area contributed by atoms with E-state index in [4.69, 9.17) is 4.74 Å². The normalized spacial score (nSPS) is 7.00. The van der Waals surface area contributed by atoms with Crippen molar-refractivity contribution in [1.29, 1.82) is 0 Å². The van der Waals surface area contributed by atoms with Crippen LogP contribution < -0.4 is 0 Å². The van der Waals surface area contributed by atoms with Gasteiger partial charge >= 0.3 is 32.7 Å².